The van der Waals surface area contributed by atoms with Crippen LogP contribution < -0.4 is 0 Å². The van der Waals surface area contributed by atoms with E-state index in [4.69, 9.17) is 4.42 Å². The molecule has 0 fully saturated rings. The van der Waals surface area contributed by atoms with Gasteiger partial charge >= 0.3 is 0 Å². The Labute approximate surface area is 177 Å². The van der Waals surface area contributed by atoms with Gasteiger partial charge in [0, 0.05) is 36.7 Å². The number of aliphatic hydroxyl groups is 1. The van der Waals surface area contributed by atoms with Gasteiger partial charge in [0.25, 0.3) is 5.91 Å². The van der Waals surface area contributed by atoms with E-state index in [1.807, 2.05) is 24.3 Å². The molecule has 0 radical (unpaired) electrons. The molecule has 3 aromatic heterocycles. The summed E-state index contributed by atoms with van der Waals surface area (Å²) in [6.45, 7) is 0.174. The third-order valence-electron chi connectivity index (χ3n) is 5.27. The van der Waals surface area contributed by atoms with Crippen molar-refractivity contribution in [1.29, 1.82) is 0 Å². The fourth-order valence-corrected chi connectivity index (χ4v) is 3.85. The molecule has 0 saturated heterocycles. The molecule has 7 heteroatoms. The highest BCUT2D eigenvalue weighted by Gasteiger charge is 2.44. The largest absolute Gasteiger partial charge is 0.503 e. The minimum absolute atomic E-state index is 0.0269. The SMILES string of the molecule is O=C(C1=C(O)C(=O)N(Cc2cccnc2)C1c1cccnc1)c1cc2ccccc2o1. The van der Waals surface area contributed by atoms with E-state index in [-0.39, 0.29) is 17.9 Å². The van der Waals surface area contributed by atoms with Gasteiger partial charge in [-0.25, -0.2) is 0 Å². The predicted octanol–water partition coefficient (Wildman–Crippen LogP) is 4.00. The number of hydrogen-bond donors (Lipinski definition) is 1. The Kier molecular flexibility index (Phi) is 4.55. The number of amides is 1. The number of furan rings is 1. The van der Waals surface area contributed by atoms with Crippen LogP contribution in [0, 0.1) is 0 Å². The number of rotatable bonds is 5. The highest BCUT2D eigenvalue weighted by molar-refractivity contribution is 6.15. The van der Waals surface area contributed by atoms with Gasteiger partial charge in [0.2, 0.25) is 5.78 Å². The normalized spacial score (nSPS) is 16.3. The highest BCUT2D eigenvalue weighted by Crippen LogP contribution is 2.40. The summed E-state index contributed by atoms with van der Waals surface area (Å²) in [6.07, 6.45) is 6.47. The van der Waals surface area contributed by atoms with Crippen molar-refractivity contribution in [2.75, 3.05) is 0 Å². The minimum Gasteiger partial charge on any atom is -0.503 e. The average Bonchev–Trinajstić information content (AvgIpc) is 3.35. The van der Waals surface area contributed by atoms with E-state index < -0.39 is 23.5 Å². The maximum Gasteiger partial charge on any atom is 0.290 e. The van der Waals surface area contributed by atoms with Crippen molar-refractivity contribution in [3.05, 3.63) is 108 Å². The second-order valence-corrected chi connectivity index (χ2v) is 7.22. The van der Waals surface area contributed by atoms with Crippen molar-refractivity contribution in [2.45, 2.75) is 12.6 Å². The van der Waals surface area contributed by atoms with Gasteiger partial charge in [0.15, 0.2) is 11.5 Å². The van der Waals surface area contributed by atoms with E-state index in [2.05, 4.69) is 9.97 Å². The number of aliphatic hydroxyl groups excluding tert-OH is 1. The summed E-state index contributed by atoms with van der Waals surface area (Å²) >= 11 is 0. The second kappa shape index (κ2) is 7.53. The van der Waals surface area contributed by atoms with Crippen LogP contribution in [-0.2, 0) is 11.3 Å². The van der Waals surface area contributed by atoms with Crippen LogP contribution in [0.5, 0.6) is 0 Å². The molecule has 4 aromatic rings. The molecule has 1 amide bonds. The number of carbonyl (C=O) groups excluding carboxylic acids is 2. The number of pyridine rings is 2. The number of para-hydroxylation sites is 1. The third kappa shape index (κ3) is 3.26. The summed E-state index contributed by atoms with van der Waals surface area (Å²) in [5, 5.41) is 11.5. The molecular formula is C24H17N3O4. The van der Waals surface area contributed by atoms with Crippen LogP contribution >= 0.6 is 0 Å². The molecule has 1 N–H and O–H groups in total. The highest BCUT2D eigenvalue weighted by atomic mass is 16.3. The lowest BCUT2D eigenvalue weighted by molar-refractivity contribution is -0.130. The quantitative estimate of drug-likeness (QED) is 0.499. The van der Waals surface area contributed by atoms with Crippen molar-refractivity contribution in [3.63, 3.8) is 0 Å². The van der Waals surface area contributed by atoms with Crippen LogP contribution in [0.15, 0.2) is 95.1 Å². The predicted molar refractivity (Wildman–Crippen MR) is 112 cm³/mol. The molecule has 1 unspecified atom stereocenters. The van der Waals surface area contributed by atoms with E-state index in [9.17, 15) is 14.7 Å². The number of hydrogen-bond acceptors (Lipinski definition) is 6. The number of aromatic nitrogens is 2. The standard InChI is InChI=1S/C24H17N3O4/c28-22(19-11-16-6-1-2-8-18(16)31-19)20-21(17-7-4-10-26-13-17)27(24(30)23(20)29)14-15-5-3-9-25-12-15/h1-13,21,29H,14H2. The van der Waals surface area contributed by atoms with Gasteiger partial charge in [-0.1, -0.05) is 30.3 Å². The van der Waals surface area contributed by atoms with Crippen molar-refractivity contribution < 1.29 is 19.1 Å². The Balaban J connectivity index is 1.59. The molecule has 1 aliphatic heterocycles. The van der Waals surface area contributed by atoms with Gasteiger partial charge < -0.3 is 14.4 Å². The van der Waals surface area contributed by atoms with Crippen LogP contribution in [0.1, 0.15) is 27.7 Å². The lowest BCUT2D eigenvalue weighted by Gasteiger charge is -2.26. The van der Waals surface area contributed by atoms with Gasteiger partial charge in [0.1, 0.15) is 5.58 Å². The first-order valence-electron chi connectivity index (χ1n) is 9.69. The maximum atomic E-state index is 13.4. The number of ketones is 1. The van der Waals surface area contributed by atoms with Crippen LogP contribution in [0.25, 0.3) is 11.0 Å². The Morgan fingerprint density at radius 3 is 2.52 bits per heavy atom. The van der Waals surface area contributed by atoms with Crippen molar-refractivity contribution in [3.8, 4) is 0 Å². The molecule has 0 aliphatic carbocycles. The van der Waals surface area contributed by atoms with Crippen LogP contribution in [0.3, 0.4) is 0 Å². The molecule has 1 atom stereocenters. The van der Waals surface area contributed by atoms with Gasteiger partial charge in [-0.15, -0.1) is 0 Å². The molecule has 0 spiro atoms. The Hall–Kier alpha value is -4.26. The summed E-state index contributed by atoms with van der Waals surface area (Å²) in [4.78, 5) is 36.1. The number of fused-ring (bicyclic) bond motifs is 1. The van der Waals surface area contributed by atoms with Crippen LogP contribution in [0.4, 0.5) is 0 Å². The lowest BCUT2D eigenvalue weighted by Crippen LogP contribution is -2.30. The fraction of sp³-hybridized carbons (Fsp3) is 0.0833. The van der Waals surface area contributed by atoms with Crippen molar-refractivity contribution >= 4 is 22.7 Å². The van der Waals surface area contributed by atoms with Crippen molar-refractivity contribution in [1.82, 2.24) is 14.9 Å². The van der Waals surface area contributed by atoms with Crippen molar-refractivity contribution in [2.24, 2.45) is 0 Å². The van der Waals surface area contributed by atoms with Gasteiger partial charge in [0.05, 0.1) is 11.6 Å². The topological polar surface area (TPSA) is 96.5 Å². The fourth-order valence-electron chi connectivity index (χ4n) is 3.85. The smallest absolute Gasteiger partial charge is 0.290 e. The lowest BCUT2D eigenvalue weighted by atomic mass is 9.96. The summed E-state index contributed by atoms with van der Waals surface area (Å²) in [5.41, 5.74) is 1.92. The monoisotopic (exact) mass is 411 g/mol. The Bertz CT molecular complexity index is 1280. The minimum atomic E-state index is -0.804. The number of Topliss-reactive ketones (excluding diaryl/α,β-unsaturated/α-hetero) is 1. The maximum absolute atomic E-state index is 13.4. The first kappa shape index (κ1) is 18.7. The van der Waals surface area contributed by atoms with E-state index >= 15 is 0 Å². The summed E-state index contributed by atoms with van der Waals surface area (Å²) in [7, 11) is 0. The molecule has 7 nitrogen and oxygen atoms in total. The number of carbonyl (C=O) groups is 2. The van der Waals surface area contributed by atoms with Gasteiger partial charge in [-0.3, -0.25) is 19.6 Å². The number of benzene rings is 1. The molecule has 1 aliphatic rings. The zero-order valence-corrected chi connectivity index (χ0v) is 16.3. The third-order valence-corrected chi connectivity index (χ3v) is 5.27. The molecule has 1 aromatic carbocycles. The first-order valence-corrected chi connectivity index (χ1v) is 9.69. The second-order valence-electron chi connectivity index (χ2n) is 7.22. The Morgan fingerprint density at radius 2 is 1.81 bits per heavy atom. The number of nitrogens with zero attached hydrogens (tertiary/aromatic N) is 3. The average molecular weight is 411 g/mol. The van der Waals surface area contributed by atoms with Gasteiger partial charge in [-0.05, 0) is 35.4 Å². The Morgan fingerprint density at radius 1 is 1.03 bits per heavy atom. The summed E-state index contributed by atoms with van der Waals surface area (Å²) in [5.74, 6) is -1.68. The molecule has 4 heterocycles. The molecule has 5 rings (SSSR count). The molecule has 31 heavy (non-hydrogen) atoms. The zero-order chi connectivity index (χ0) is 21.4. The zero-order valence-electron chi connectivity index (χ0n) is 16.3. The van der Waals surface area contributed by atoms with Gasteiger partial charge in [-0.2, -0.15) is 0 Å². The van der Waals surface area contributed by atoms with Crippen LogP contribution in [0.2, 0.25) is 0 Å². The molecule has 152 valence electrons. The first-order chi connectivity index (χ1) is 15.1. The molecular weight excluding hydrogens is 394 g/mol. The van der Waals surface area contributed by atoms with E-state index in [0.717, 1.165) is 10.9 Å². The van der Waals surface area contributed by atoms with E-state index in [1.54, 1.807) is 55.1 Å². The van der Waals surface area contributed by atoms with Crippen LogP contribution in [-0.4, -0.2) is 31.7 Å². The van der Waals surface area contributed by atoms with E-state index in [0.29, 0.717) is 11.1 Å². The molecule has 0 saturated carbocycles. The summed E-state index contributed by atoms with van der Waals surface area (Å²) in [6, 6.07) is 15.1. The summed E-state index contributed by atoms with van der Waals surface area (Å²) < 4.78 is 5.71. The molecule has 0 bridgehead atoms. The van der Waals surface area contributed by atoms with E-state index in [1.165, 1.54) is 4.90 Å².